The van der Waals surface area contributed by atoms with E-state index >= 15 is 0 Å². The molecule has 0 saturated carbocycles. The summed E-state index contributed by atoms with van der Waals surface area (Å²) in [5.74, 6) is 0.576. The van der Waals surface area contributed by atoms with E-state index in [1.807, 2.05) is 31.2 Å². The molecule has 6 heteroatoms. The molecule has 1 aliphatic heterocycles. The minimum atomic E-state index is -0.347. The first-order chi connectivity index (χ1) is 11.1. The number of anilines is 2. The molecule has 23 heavy (non-hydrogen) atoms. The Balaban J connectivity index is 2.01. The normalized spacial score (nSPS) is 16.4. The fourth-order valence-corrected chi connectivity index (χ4v) is 2.90. The Morgan fingerprint density at radius 2 is 2.17 bits per heavy atom. The molecule has 2 amide bonds. The molecule has 0 spiro atoms. The van der Waals surface area contributed by atoms with Crippen molar-refractivity contribution in [3.63, 3.8) is 0 Å². The molecule has 1 heterocycles. The highest BCUT2D eigenvalue weighted by atomic mass is 35.5. The Kier molecular flexibility index (Phi) is 4.30. The third kappa shape index (κ3) is 3.05. The van der Waals surface area contributed by atoms with Crippen molar-refractivity contribution in [3.05, 3.63) is 53.1 Å². The van der Waals surface area contributed by atoms with Crippen LogP contribution in [0.2, 0.25) is 5.02 Å². The number of ether oxygens (including phenoxy) is 1. The number of carbonyl (C=O) groups is 1. The highest BCUT2D eigenvalue weighted by molar-refractivity contribution is 6.31. The van der Waals surface area contributed by atoms with Gasteiger partial charge in [-0.15, -0.1) is 0 Å². The van der Waals surface area contributed by atoms with Gasteiger partial charge in [-0.3, -0.25) is 4.90 Å². The first kappa shape index (κ1) is 15.5. The van der Waals surface area contributed by atoms with E-state index in [1.54, 1.807) is 23.1 Å². The average Bonchev–Trinajstić information content (AvgIpc) is 2.54. The molecule has 0 bridgehead atoms. The zero-order chi connectivity index (χ0) is 16.4. The Hall–Kier alpha value is -2.40. The molecule has 3 rings (SSSR count). The van der Waals surface area contributed by atoms with Gasteiger partial charge in [-0.25, -0.2) is 4.79 Å². The molecule has 1 unspecified atom stereocenters. The number of halogens is 1. The molecule has 1 atom stereocenters. The van der Waals surface area contributed by atoms with Crippen LogP contribution in [0.4, 0.5) is 16.2 Å². The second-order valence-corrected chi connectivity index (χ2v) is 5.71. The van der Waals surface area contributed by atoms with Crippen LogP contribution in [0, 0.1) is 0 Å². The first-order valence-corrected chi connectivity index (χ1v) is 7.84. The lowest BCUT2D eigenvalue weighted by atomic mass is 10.1. The quantitative estimate of drug-likeness (QED) is 0.826. The lowest BCUT2D eigenvalue weighted by molar-refractivity contribution is 0.193. The molecule has 2 aromatic rings. The summed E-state index contributed by atoms with van der Waals surface area (Å²) in [6, 6.07) is 12.6. The van der Waals surface area contributed by atoms with Crippen LogP contribution in [-0.4, -0.2) is 19.1 Å². The number of nitrogens with one attached hydrogen (secondary N) is 1. The largest absolute Gasteiger partial charge is 0.482 e. The van der Waals surface area contributed by atoms with Crippen LogP contribution in [0.3, 0.4) is 0 Å². The van der Waals surface area contributed by atoms with Gasteiger partial charge in [-0.1, -0.05) is 29.8 Å². The number of hydrogen-bond acceptors (Lipinski definition) is 3. The maximum Gasteiger partial charge on any atom is 0.322 e. The van der Waals surface area contributed by atoms with E-state index in [9.17, 15) is 4.79 Å². The summed E-state index contributed by atoms with van der Waals surface area (Å²) in [5, 5.41) is 3.44. The van der Waals surface area contributed by atoms with Crippen LogP contribution in [0.1, 0.15) is 18.6 Å². The van der Waals surface area contributed by atoms with Crippen LogP contribution in [-0.2, 0) is 0 Å². The van der Waals surface area contributed by atoms with Crippen molar-refractivity contribution in [1.29, 1.82) is 0 Å². The molecular formula is C17H18ClN3O2. The first-order valence-electron chi connectivity index (χ1n) is 7.46. The van der Waals surface area contributed by atoms with E-state index in [-0.39, 0.29) is 12.1 Å². The van der Waals surface area contributed by atoms with Gasteiger partial charge in [0.25, 0.3) is 0 Å². The molecular weight excluding hydrogens is 314 g/mol. The SMILES string of the molecule is CCNC(=O)N1CC(c2ccccc2Cl)Oc2cc(N)ccc21. The minimum absolute atomic E-state index is 0.168. The number of rotatable bonds is 2. The van der Waals surface area contributed by atoms with E-state index < -0.39 is 0 Å². The summed E-state index contributed by atoms with van der Waals surface area (Å²) in [4.78, 5) is 14.1. The second kappa shape index (κ2) is 6.38. The van der Waals surface area contributed by atoms with E-state index in [2.05, 4.69) is 5.32 Å². The highest BCUT2D eigenvalue weighted by Crippen LogP contribution is 2.40. The number of nitrogen functional groups attached to an aromatic ring is 1. The van der Waals surface area contributed by atoms with Gasteiger partial charge in [0.05, 0.1) is 12.2 Å². The second-order valence-electron chi connectivity index (χ2n) is 5.30. The van der Waals surface area contributed by atoms with E-state index in [1.165, 1.54) is 0 Å². The van der Waals surface area contributed by atoms with Gasteiger partial charge in [-0.05, 0) is 25.1 Å². The summed E-state index contributed by atoms with van der Waals surface area (Å²) in [6.07, 6.45) is -0.347. The van der Waals surface area contributed by atoms with Crippen LogP contribution < -0.4 is 20.7 Å². The maximum atomic E-state index is 12.4. The lowest BCUT2D eigenvalue weighted by Gasteiger charge is -2.35. The zero-order valence-corrected chi connectivity index (χ0v) is 13.5. The van der Waals surface area contributed by atoms with Gasteiger partial charge in [0, 0.05) is 28.9 Å². The number of nitrogens with two attached hydrogens (primary N) is 1. The van der Waals surface area contributed by atoms with Crippen molar-refractivity contribution in [3.8, 4) is 5.75 Å². The maximum absolute atomic E-state index is 12.4. The van der Waals surface area contributed by atoms with Crippen molar-refractivity contribution >= 4 is 29.0 Å². The van der Waals surface area contributed by atoms with Gasteiger partial charge in [0.15, 0.2) is 0 Å². The summed E-state index contributed by atoms with van der Waals surface area (Å²) in [6.45, 7) is 2.82. The van der Waals surface area contributed by atoms with Gasteiger partial charge >= 0.3 is 6.03 Å². The smallest absolute Gasteiger partial charge is 0.322 e. The summed E-state index contributed by atoms with van der Waals surface area (Å²) in [7, 11) is 0. The molecule has 3 N–H and O–H groups in total. The molecule has 0 radical (unpaired) electrons. The average molecular weight is 332 g/mol. The van der Waals surface area contributed by atoms with Crippen LogP contribution in [0.25, 0.3) is 0 Å². The fraction of sp³-hybridized carbons (Fsp3) is 0.235. The predicted molar refractivity (Wildman–Crippen MR) is 92.1 cm³/mol. The summed E-state index contributed by atoms with van der Waals surface area (Å²) < 4.78 is 6.05. The van der Waals surface area contributed by atoms with E-state index in [0.717, 1.165) is 5.56 Å². The monoisotopic (exact) mass is 331 g/mol. The number of carbonyl (C=O) groups excluding carboxylic acids is 1. The Labute approximate surface area is 140 Å². The lowest BCUT2D eigenvalue weighted by Crippen LogP contribution is -2.45. The zero-order valence-electron chi connectivity index (χ0n) is 12.8. The van der Waals surface area contributed by atoms with Crippen LogP contribution in [0.15, 0.2) is 42.5 Å². The standard InChI is InChI=1S/C17H18ClN3O2/c1-2-20-17(22)21-10-16(12-5-3-4-6-13(12)18)23-15-9-11(19)7-8-14(15)21/h3-9,16H,2,10,19H2,1H3,(H,20,22). The predicted octanol–water partition coefficient (Wildman–Crippen LogP) is 3.59. The number of amides is 2. The fourth-order valence-electron chi connectivity index (χ4n) is 2.64. The highest BCUT2D eigenvalue weighted by Gasteiger charge is 2.31. The Bertz CT molecular complexity index is 736. The third-order valence-corrected chi connectivity index (χ3v) is 4.06. The van der Waals surface area contributed by atoms with E-state index in [0.29, 0.717) is 35.2 Å². The van der Waals surface area contributed by atoms with Crippen LogP contribution >= 0.6 is 11.6 Å². The molecule has 0 fully saturated rings. The van der Waals surface area contributed by atoms with Gasteiger partial charge in [0.2, 0.25) is 0 Å². The summed E-state index contributed by atoms with van der Waals surface area (Å²) in [5.41, 5.74) is 7.98. The number of hydrogen-bond donors (Lipinski definition) is 2. The van der Waals surface area contributed by atoms with Gasteiger partial charge in [-0.2, -0.15) is 0 Å². The van der Waals surface area contributed by atoms with Gasteiger partial charge < -0.3 is 15.8 Å². The van der Waals surface area contributed by atoms with E-state index in [4.69, 9.17) is 22.1 Å². The number of fused-ring (bicyclic) bond motifs is 1. The van der Waals surface area contributed by atoms with Gasteiger partial charge in [0.1, 0.15) is 11.9 Å². The van der Waals surface area contributed by atoms with Crippen molar-refractivity contribution in [2.24, 2.45) is 0 Å². The topological polar surface area (TPSA) is 67.6 Å². The molecule has 0 saturated heterocycles. The number of benzene rings is 2. The van der Waals surface area contributed by atoms with Crippen molar-refractivity contribution < 1.29 is 9.53 Å². The number of urea groups is 1. The Morgan fingerprint density at radius 3 is 2.91 bits per heavy atom. The number of nitrogens with zero attached hydrogens (tertiary/aromatic N) is 1. The molecule has 2 aromatic carbocycles. The van der Waals surface area contributed by atoms with Crippen molar-refractivity contribution in [1.82, 2.24) is 5.32 Å². The van der Waals surface area contributed by atoms with Crippen molar-refractivity contribution in [2.75, 3.05) is 23.7 Å². The molecule has 5 nitrogen and oxygen atoms in total. The molecule has 1 aliphatic rings. The summed E-state index contributed by atoms with van der Waals surface area (Å²) >= 11 is 6.28. The molecule has 0 aromatic heterocycles. The Morgan fingerprint density at radius 1 is 1.39 bits per heavy atom. The van der Waals surface area contributed by atoms with Crippen molar-refractivity contribution in [2.45, 2.75) is 13.0 Å². The molecule has 120 valence electrons. The molecule has 0 aliphatic carbocycles. The van der Waals surface area contributed by atoms with Crippen LogP contribution in [0.5, 0.6) is 5.75 Å². The minimum Gasteiger partial charge on any atom is -0.482 e. The third-order valence-electron chi connectivity index (χ3n) is 3.72.